The third kappa shape index (κ3) is 4.46. The number of amides is 2. The SMILES string of the molecule is CN(CC/C=C/CO)C(=O)N(C)c1ccccc1-c1ccccc1. The van der Waals surface area contributed by atoms with Gasteiger partial charge in [0.2, 0.25) is 0 Å². The van der Waals surface area contributed by atoms with Crippen LogP contribution in [-0.2, 0) is 0 Å². The highest BCUT2D eigenvalue weighted by Crippen LogP contribution is 2.30. The average Bonchev–Trinajstić information content (AvgIpc) is 2.64. The molecule has 0 radical (unpaired) electrons. The van der Waals surface area contributed by atoms with E-state index in [0.717, 1.165) is 23.2 Å². The lowest BCUT2D eigenvalue weighted by Crippen LogP contribution is -2.39. The van der Waals surface area contributed by atoms with E-state index >= 15 is 0 Å². The Bertz CT molecular complexity index is 683. The summed E-state index contributed by atoms with van der Waals surface area (Å²) in [5.41, 5.74) is 3.00. The highest BCUT2D eigenvalue weighted by molar-refractivity contribution is 5.96. The van der Waals surface area contributed by atoms with Gasteiger partial charge in [-0.15, -0.1) is 0 Å². The summed E-state index contributed by atoms with van der Waals surface area (Å²) in [6.07, 6.45) is 4.28. The first-order chi connectivity index (χ1) is 11.6. The lowest BCUT2D eigenvalue weighted by atomic mass is 10.0. The molecule has 2 rings (SSSR count). The predicted molar refractivity (Wildman–Crippen MR) is 99.1 cm³/mol. The number of nitrogens with zero attached hydrogens (tertiary/aromatic N) is 2. The summed E-state index contributed by atoms with van der Waals surface area (Å²) in [5, 5.41) is 8.74. The number of aliphatic hydroxyl groups excluding tert-OH is 1. The largest absolute Gasteiger partial charge is 0.392 e. The first-order valence-corrected chi connectivity index (χ1v) is 8.04. The molecule has 1 N–H and O–H groups in total. The van der Waals surface area contributed by atoms with Crippen LogP contribution in [0.15, 0.2) is 66.7 Å². The minimum Gasteiger partial charge on any atom is -0.392 e. The fraction of sp³-hybridized carbons (Fsp3) is 0.250. The van der Waals surface area contributed by atoms with Gasteiger partial charge in [-0.2, -0.15) is 0 Å². The fourth-order valence-electron chi connectivity index (χ4n) is 2.54. The van der Waals surface area contributed by atoms with Crippen LogP contribution in [0.2, 0.25) is 0 Å². The maximum atomic E-state index is 12.7. The topological polar surface area (TPSA) is 43.8 Å². The van der Waals surface area contributed by atoms with E-state index < -0.39 is 0 Å². The van der Waals surface area contributed by atoms with Crippen LogP contribution in [0.5, 0.6) is 0 Å². The summed E-state index contributed by atoms with van der Waals surface area (Å²) in [7, 11) is 3.58. The van der Waals surface area contributed by atoms with E-state index in [2.05, 4.69) is 0 Å². The van der Waals surface area contributed by atoms with Gasteiger partial charge in [0.15, 0.2) is 0 Å². The van der Waals surface area contributed by atoms with E-state index in [4.69, 9.17) is 5.11 Å². The van der Waals surface area contributed by atoms with Crippen LogP contribution in [0.1, 0.15) is 6.42 Å². The average molecular weight is 324 g/mol. The third-order valence-corrected chi connectivity index (χ3v) is 3.87. The molecule has 126 valence electrons. The van der Waals surface area contributed by atoms with Crippen molar-refractivity contribution in [2.75, 3.05) is 32.1 Å². The number of carbonyl (C=O) groups is 1. The van der Waals surface area contributed by atoms with Crippen molar-refractivity contribution < 1.29 is 9.90 Å². The van der Waals surface area contributed by atoms with Gasteiger partial charge < -0.3 is 10.0 Å². The highest BCUT2D eigenvalue weighted by atomic mass is 16.2. The molecule has 0 spiro atoms. The summed E-state index contributed by atoms with van der Waals surface area (Å²) >= 11 is 0. The number of para-hydroxylation sites is 1. The quantitative estimate of drug-likeness (QED) is 0.822. The number of rotatable bonds is 6. The van der Waals surface area contributed by atoms with Crippen molar-refractivity contribution >= 4 is 11.7 Å². The van der Waals surface area contributed by atoms with E-state index in [-0.39, 0.29) is 12.6 Å². The summed E-state index contributed by atoms with van der Waals surface area (Å²) in [4.78, 5) is 16.0. The highest BCUT2D eigenvalue weighted by Gasteiger charge is 2.18. The molecule has 0 heterocycles. The van der Waals surface area contributed by atoms with Gasteiger partial charge in [-0.05, 0) is 18.1 Å². The molecule has 0 bridgehead atoms. The number of benzene rings is 2. The number of anilines is 1. The van der Waals surface area contributed by atoms with E-state index in [9.17, 15) is 4.79 Å². The smallest absolute Gasteiger partial charge is 0.323 e. The van der Waals surface area contributed by atoms with Crippen LogP contribution in [-0.4, -0.2) is 43.3 Å². The lowest BCUT2D eigenvalue weighted by molar-refractivity contribution is 0.217. The zero-order valence-electron chi connectivity index (χ0n) is 14.2. The first kappa shape index (κ1) is 17.8. The van der Waals surface area contributed by atoms with Crippen LogP contribution in [0.3, 0.4) is 0 Å². The van der Waals surface area contributed by atoms with E-state index in [0.29, 0.717) is 6.54 Å². The van der Waals surface area contributed by atoms with E-state index in [1.807, 2.05) is 60.7 Å². The number of aliphatic hydroxyl groups is 1. The number of hydrogen-bond donors (Lipinski definition) is 1. The Balaban J connectivity index is 2.16. The molecular weight excluding hydrogens is 300 g/mol. The molecule has 0 saturated heterocycles. The minimum atomic E-state index is -0.0595. The zero-order valence-corrected chi connectivity index (χ0v) is 14.2. The Hall–Kier alpha value is -2.59. The molecule has 24 heavy (non-hydrogen) atoms. The van der Waals surface area contributed by atoms with Crippen LogP contribution in [0, 0.1) is 0 Å². The predicted octanol–water partition coefficient (Wildman–Crippen LogP) is 3.78. The van der Waals surface area contributed by atoms with Gasteiger partial charge in [-0.3, -0.25) is 4.90 Å². The molecule has 4 heteroatoms. The van der Waals surface area contributed by atoms with E-state index in [1.165, 1.54) is 0 Å². The molecule has 2 aromatic carbocycles. The van der Waals surface area contributed by atoms with Crippen molar-refractivity contribution in [2.45, 2.75) is 6.42 Å². The first-order valence-electron chi connectivity index (χ1n) is 8.04. The molecule has 0 fully saturated rings. The standard InChI is InChI=1S/C20H24N2O2/c1-21(15-9-4-10-16-23)20(24)22(2)19-14-8-7-13-18(19)17-11-5-3-6-12-17/h3-8,10-14,23H,9,15-16H2,1-2H3/b10-4+. The van der Waals surface area contributed by atoms with E-state index in [1.54, 1.807) is 30.0 Å². The van der Waals surface area contributed by atoms with Gasteiger partial charge in [0.25, 0.3) is 0 Å². The Kier molecular flexibility index (Phi) is 6.58. The second-order valence-corrected chi connectivity index (χ2v) is 5.59. The molecule has 2 aromatic rings. The minimum absolute atomic E-state index is 0.0298. The summed E-state index contributed by atoms with van der Waals surface area (Å²) in [6.45, 7) is 0.634. The van der Waals surface area contributed by atoms with Crippen molar-refractivity contribution in [3.63, 3.8) is 0 Å². The second-order valence-electron chi connectivity index (χ2n) is 5.59. The Labute approximate surface area is 143 Å². The Morgan fingerprint density at radius 2 is 1.67 bits per heavy atom. The summed E-state index contributed by atoms with van der Waals surface area (Å²) < 4.78 is 0. The van der Waals surface area contributed by atoms with Gasteiger partial charge in [-0.25, -0.2) is 4.79 Å². The number of urea groups is 1. The molecule has 0 saturated carbocycles. The molecule has 0 aromatic heterocycles. The molecule has 0 unspecified atom stereocenters. The van der Waals surface area contributed by atoms with Crippen molar-refractivity contribution in [1.82, 2.24) is 4.90 Å². The number of carbonyl (C=O) groups excluding carboxylic acids is 1. The van der Waals surface area contributed by atoms with Gasteiger partial charge in [0.05, 0.1) is 12.3 Å². The normalized spacial score (nSPS) is 10.8. The second kappa shape index (κ2) is 8.89. The van der Waals surface area contributed by atoms with Crippen LogP contribution in [0.4, 0.5) is 10.5 Å². The van der Waals surface area contributed by atoms with Gasteiger partial charge >= 0.3 is 6.03 Å². The number of hydrogen-bond acceptors (Lipinski definition) is 2. The summed E-state index contributed by atoms with van der Waals surface area (Å²) in [5.74, 6) is 0. The lowest BCUT2D eigenvalue weighted by Gasteiger charge is -2.26. The summed E-state index contributed by atoms with van der Waals surface area (Å²) in [6, 6.07) is 17.9. The molecule has 2 amide bonds. The van der Waals surface area contributed by atoms with Gasteiger partial charge in [0, 0.05) is 26.2 Å². The maximum absolute atomic E-state index is 12.7. The monoisotopic (exact) mass is 324 g/mol. The molecule has 0 aliphatic heterocycles. The molecule has 4 nitrogen and oxygen atoms in total. The molecular formula is C20H24N2O2. The zero-order chi connectivity index (χ0) is 17.4. The van der Waals surface area contributed by atoms with Gasteiger partial charge in [0.1, 0.15) is 0 Å². The fourth-order valence-corrected chi connectivity index (χ4v) is 2.54. The van der Waals surface area contributed by atoms with Gasteiger partial charge in [-0.1, -0.05) is 60.7 Å². The molecule has 0 aliphatic rings. The van der Waals surface area contributed by atoms with Crippen LogP contribution >= 0.6 is 0 Å². The molecule has 0 atom stereocenters. The van der Waals surface area contributed by atoms with Crippen molar-refractivity contribution in [3.05, 3.63) is 66.7 Å². The van der Waals surface area contributed by atoms with Crippen molar-refractivity contribution in [2.24, 2.45) is 0 Å². The molecule has 0 aliphatic carbocycles. The van der Waals surface area contributed by atoms with Crippen LogP contribution in [0.25, 0.3) is 11.1 Å². The third-order valence-electron chi connectivity index (χ3n) is 3.87. The maximum Gasteiger partial charge on any atom is 0.323 e. The Morgan fingerprint density at radius 1 is 1.00 bits per heavy atom. The van der Waals surface area contributed by atoms with Crippen molar-refractivity contribution in [1.29, 1.82) is 0 Å². The van der Waals surface area contributed by atoms with Crippen LogP contribution < -0.4 is 4.90 Å². The van der Waals surface area contributed by atoms with Crippen molar-refractivity contribution in [3.8, 4) is 11.1 Å². The Morgan fingerprint density at radius 3 is 2.38 bits per heavy atom.